The smallest absolute Gasteiger partial charge is 0.0615 e. The van der Waals surface area contributed by atoms with Gasteiger partial charge in [0, 0.05) is 31.8 Å². The van der Waals surface area contributed by atoms with E-state index in [1.165, 1.54) is 11.1 Å². The summed E-state index contributed by atoms with van der Waals surface area (Å²) in [6.45, 7) is 14.7. The van der Waals surface area contributed by atoms with E-state index < -0.39 is 0 Å². The quantitative estimate of drug-likeness (QED) is 0.794. The van der Waals surface area contributed by atoms with Crippen LogP contribution in [0.15, 0.2) is 24.3 Å². The topological polar surface area (TPSA) is 24.5 Å². The van der Waals surface area contributed by atoms with Crippen LogP contribution in [0.25, 0.3) is 0 Å². The van der Waals surface area contributed by atoms with Crippen LogP contribution in [-0.2, 0) is 17.8 Å². The van der Waals surface area contributed by atoms with Gasteiger partial charge in [-0.15, -0.1) is 0 Å². The number of nitrogens with zero attached hydrogens (tertiary/aromatic N) is 1. The van der Waals surface area contributed by atoms with Crippen LogP contribution in [0.2, 0.25) is 0 Å². The molecule has 0 spiro atoms. The zero-order valence-electron chi connectivity index (χ0n) is 14.6. The molecular formula is C18H32N2O. The van der Waals surface area contributed by atoms with Crippen LogP contribution in [0, 0.1) is 0 Å². The Morgan fingerprint density at radius 2 is 1.90 bits per heavy atom. The fourth-order valence-corrected chi connectivity index (χ4v) is 2.37. The highest BCUT2D eigenvalue weighted by Crippen LogP contribution is 2.12. The molecule has 120 valence electrons. The van der Waals surface area contributed by atoms with Gasteiger partial charge in [0.15, 0.2) is 0 Å². The van der Waals surface area contributed by atoms with E-state index >= 15 is 0 Å². The minimum Gasteiger partial charge on any atom is -0.383 e. The lowest BCUT2D eigenvalue weighted by molar-refractivity contribution is 0.0982. The summed E-state index contributed by atoms with van der Waals surface area (Å²) >= 11 is 0. The first-order valence-corrected chi connectivity index (χ1v) is 7.91. The Kier molecular flexibility index (Phi) is 7.36. The molecule has 0 aliphatic heterocycles. The summed E-state index contributed by atoms with van der Waals surface area (Å²) in [6, 6.07) is 9.31. The lowest BCUT2D eigenvalue weighted by Crippen LogP contribution is -2.36. The lowest BCUT2D eigenvalue weighted by atomic mass is 10.1. The Hall–Kier alpha value is -0.900. The molecule has 21 heavy (non-hydrogen) atoms. The van der Waals surface area contributed by atoms with Crippen molar-refractivity contribution < 1.29 is 4.74 Å². The van der Waals surface area contributed by atoms with Gasteiger partial charge in [0.05, 0.1) is 6.61 Å². The molecule has 3 nitrogen and oxygen atoms in total. The van der Waals surface area contributed by atoms with Gasteiger partial charge in [-0.05, 0) is 45.4 Å². The molecule has 0 aromatic heterocycles. The van der Waals surface area contributed by atoms with Crippen LogP contribution in [0.1, 0.15) is 45.7 Å². The summed E-state index contributed by atoms with van der Waals surface area (Å²) in [6.07, 6.45) is 0. The van der Waals surface area contributed by atoms with Gasteiger partial charge >= 0.3 is 0 Å². The number of hydrogen-bond donors (Lipinski definition) is 1. The first-order chi connectivity index (χ1) is 9.85. The summed E-state index contributed by atoms with van der Waals surface area (Å²) in [5.74, 6) is 0. The number of methoxy groups -OCH3 is 1. The van der Waals surface area contributed by atoms with Crippen molar-refractivity contribution in [2.45, 2.75) is 59.3 Å². The zero-order chi connectivity index (χ0) is 15.9. The van der Waals surface area contributed by atoms with E-state index in [0.717, 1.165) is 26.2 Å². The van der Waals surface area contributed by atoms with E-state index in [1.54, 1.807) is 7.11 Å². The van der Waals surface area contributed by atoms with E-state index in [4.69, 9.17) is 4.74 Å². The van der Waals surface area contributed by atoms with Gasteiger partial charge in [0.25, 0.3) is 0 Å². The maximum Gasteiger partial charge on any atom is 0.0615 e. The molecule has 0 aliphatic rings. The predicted octanol–water partition coefficient (Wildman–Crippen LogP) is 3.43. The Bertz CT molecular complexity index is 412. The number of nitrogens with one attached hydrogen (secondary N) is 1. The highest BCUT2D eigenvalue weighted by atomic mass is 16.5. The second kappa shape index (κ2) is 8.52. The van der Waals surface area contributed by atoms with Crippen molar-refractivity contribution in [3.8, 4) is 0 Å². The van der Waals surface area contributed by atoms with Crippen molar-refractivity contribution in [2.24, 2.45) is 0 Å². The minimum absolute atomic E-state index is 0.151. The molecule has 1 rings (SSSR count). The maximum absolute atomic E-state index is 5.27. The normalized spacial score (nSPS) is 13.7. The van der Waals surface area contributed by atoms with E-state index in [9.17, 15) is 0 Å². The van der Waals surface area contributed by atoms with Crippen LogP contribution < -0.4 is 5.32 Å². The Morgan fingerprint density at radius 3 is 2.48 bits per heavy atom. The average Bonchev–Trinajstić information content (AvgIpc) is 2.42. The molecule has 0 radical (unpaired) electrons. The molecule has 0 saturated heterocycles. The van der Waals surface area contributed by atoms with Crippen LogP contribution in [0.3, 0.4) is 0 Å². The van der Waals surface area contributed by atoms with Crippen LogP contribution in [-0.4, -0.2) is 36.7 Å². The van der Waals surface area contributed by atoms with Crippen molar-refractivity contribution in [1.82, 2.24) is 10.2 Å². The molecule has 0 saturated carbocycles. The molecule has 0 aliphatic carbocycles. The van der Waals surface area contributed by atoms with Gasteiger partial charge in [-0.1, -0.05) is 31.2 Å². The molecule has 0 fully saturated rings. The number of benzene rings is 1. The first kappa shape index (κ1) is 18.1. The van der Waals surface area contributed by atoms with E-state index in [2.05, 4.69) is 69.1 Å². The molecule has 0 bridgehead atoms. The second-order valence-electron chi connectivity index (χ2n) is 6.79. The SMILES string of the molecule is CCN(Cc1cccc(CNC(C)(C)C)c1)C(C)COC. The Labute approximate surface area is 130 Å². The van der Waals surface area contributed by atoms with Crippen molar-refractivity contribution >= 4 is 0 Å². The molecule has 1 atom stereocenters. The van der Waals surface area contributed by atoms with Crippen molar-refractivity contribution in [2.75, 3.05) is 20.3 Å². The summed E-state index contributed by atoms with van der Waals surface area (Å²) in [7, 11) is 1.77. The third-order valence-corrected chi connectivity index (χ3v) is 3.64. The van der Waals surface area contributed by atoms with E-state index in [1.807, 2.05) is 0 Å². The Morgan fingerprint density at radius 1 is 1.24 bits per heavy atom. The van der Waals surface area contributed by atoms with Crippen LogP contribution in [0.4, 0.5) is 0 Å². The predicted molar refractivity (Wildman–Crippen MR) is 90.5 cm³/mol. The molecule has 3 heteroatoms. The molecule has 1 aromatic carbocycles. The standard InChI is InChI=1S/C18H32N2O/c1-7-20(15(2)14-21-6)13-17-10-8-9-16(11-17)12-19-18(3,4)5/h8-11,15,19H,7,12-14H2,1-6H3. The second-order valence-corrected chi connectivity index (χ2v) is 6.79. The highest BCUT2D eigenvalue weighted by molar-refractivity contribution is 5.23. The molecule has 1 aromatic rings. The van der Waals surface area contributed by atoms with Gasteiger partial charge in [0.1, 0.15) is 0 Å². The molecule has 1 unspecified atom stereocenters. The van der Waals surface area contributed by atoms with Crippen molar-refractivity contribution in [3.05, 3.63) is 35.4 Å². The van der Waals surface area contributed by atoms with Crippen LogP contribution >= 0.6 is 0 Å². The van der Waals surface area contributed by atoms with Crippen molar-refractivity contribution in [3.63, 3.8) is 0 Å². The molecular weight excluding hydrogens is 260 g/mol. The van der Waals surface area contributed by atoms with E-state index in [-0.39, 0.29) is 5.54 Å². The van der Waals surface area contributed by atoms with E-state index in [0.29, 0.717) is 6.04 Å². The van der Waals surface area contributed by atoms with Gasteiger partial charge in [-0.25, -0.2) is 0 Å². The van der Waals surface area contributed by atoms with Gasteiger partial charge in [0.2, 0.25) is 0 Å². The molecule has 0 amide bonds. The van der Waals surface area contributed by atoms with Gasteiger partial charge in [-0.3, -0.25) is 4.90 Å². The third-order valence-electron chi connectivity index (χ3n) is 3.64. The number of likely N-dealkylation sites (N-methyl/N-ethyl adjacent to an activating group) is 1. The van der Waals surface area contributed by atoms with Gasteiger partial charge in [-0.2, -0.15) is 0 Å². The third kappa shape index (κ3) is 7.07. The maximum atomic E-state index is 5.27. The molecule has 1 N–H and O–H groups in total. The van der Waals surface area contributed by atoms with Gasteiger partial charge < -0.3 is 10.1 Å². The summed E-state index contributed by atoms with van der Waals surface area (Å²) < 4.78 is 5.27. The summed E-state index contributed by atoms with van der Waals surface area (Å²) in [5.41, 5.74) is 2.87. The number of hydrogen-bond acceptors (Lipinski definition) is 3. The summed E-state index contributed by atoms with van der Waals surface area (Å²) in [4.78, 5) is 2.44. The lowest BCUT2D eigenvalue weighted by Gasteiger charge is -2.27. The van der Waals surface area contributed by atoms with Crippen LogP contribution in [0.5, 0.6) is 0 Å². The molecule has 0 heterocycles. The fourth-order valence-electron chi connectivity index (χ4n) is 2.37. The fraction of sp³-hybridized carbons (Fsp3) is 0.667. The highest BCUT2D eigenvalue weighted by Gasteiger charge is 2.13. The first-order valence-electron chi connectivity index (χ1n) is 7.91. The zero-order valence-corrected chi connectivity index (χ0v) is 14.6. The average molecular weight is 292 g/mol. The largest absolute Gasteiger partial charge is 0.383 e. The summed E-state index contributed by atoms with van der Waals surface area (Å²) in [5, 5.41) is 3.54. The van der Waals surface area contributed by atoms with Crippen molar-refractivity contribution in [1.29, 1.82) is 0 Å². The minimum atomic E-state index is 0.151. The number of ether oxygens (including phenoxy) is 1. The Balaban J connectivity index is 2.66. The monoisotopic (exact) mass is 292 g/mol. The number of rotatable bonds is 8.